The molecule has 4 unspecified atom stereocenters. The van der Waals surface area contributed by atoms with E-state index < -0.39 is 4.92 Å². The Hall–Kier alpha value is -2.11. The summed E-state index contributed by atoms with van der Waals surface area (Å²) >= 11 is 0. The van der Waals surface area contributed by atoms with Crippen LogP contribution in [0.5, 0.6) is 5.75 Å². The Kier molecular flexibility index (Phi) is 2.52. The molecular weight excluding hydrogens is 272 g/mol. The topological polar surface area (TPSA) is 92.5 Å². The Labute approximate surface area is 121 Å². The van der Waals surface area contributed by atoms with E-state index in [4.69, 9.17) is 0 Å². The fraction of sp³-hybridized carbons (Fsp3) is 0.533. The van der Waals surface area contributed by atoms with Crippen molar-refractivity contribution in [3.63, 3.8) is 0 Å². The molecule has 21 heavy (non-hydrogen) atoms. The molecular formula is C15H16N2O4. The van der Waals surface area contributed by atoms with Gasteiger partial charge < -0.3 is 10.4 Å². The van der Waals surface area contributed by atoms with Gasteiger partial charge in [-0.2, -0.15) is 0 Å². The van der Waals surface area contributed by atoms with Gasteiger partial charge in [0.2, 0.25) is 5.91 Å². The zero-order valence-electron chi connectivity index (χ0n) is 11.4. The molecule has 1 aromatic rings. The van der Waals surface area contributed by atoms with Crippen molar-refractivity contribution in [3.8, 4) is 5.75 Å². The van der Waals surface area contributed by atoms with Crippen LogP contribution >= 0.6 is 0 Å². The zero-order chi connectivity index (χ0) is 14.7. The average Bonchev–Trinajstić information content (AvgIpc) is 2.89. The lowest BCUT2D eigenvalue weighted by molar-refractivity contribution is -0.384. The number of nitro benzene ring substituents is 1. The van der Waals surface area contributed by atoms with E-state index in [1.54, 1.807) is 0 Å². The molecule has 110 valence electrons. The highest BCUT2D eigenvalue weighted by Crippen LogP contribution is 2.69. The highest BCUT2D eigenvalue weighted by Gasteiger charge is 2.67. The molecule has 0 spiro atoms. The van der Waals surface area contributed by atoms with Gasteiger partial charge in [-0.3, -0.25) is 14.9 Å². The third-order valence-corrected chi connectivity index (χ3v) is 5.50. The molecule has 1 aromatic carbocycles. The molecule has 0 saturated heterocycles. The summed E-state index contributed by atoms with van der Waals surface area (Å²) in [5, 5.41) is 23.4. The Morgan fingerprint density at radius 3 is 2.57 bits per heavy atom. The van der Waals surface area contributed by atoms with Gasteiger partial charge in [-0.1, -0.05) is 6.07 Å². The second-order valence-electron chi connectivity index (χ2n) is 6.43. The summed E-state index contributed by atoms with van der Waals surface area (Å²) in [7, 11) is 0. The van der Waals surface area contributed by atoms with Gasteiger partial charge in [0, 0.05) is 12.0 Å². The standard InChI is InChI=1S/C15H16N2O4/c18-10-3-1-2-9(17(20)21)14(10)16-15(19)13-11-7-4-5-8(6-7)12(11)13/h1-3,7-8,11-13,18H,4-6H2,(H,16,19). The van der Waals surface area contributed by atoms with Crippen molar-refractivity contribution >= 4 is 17.3 Å². The van der Waals surface area contributed by atoms with Crippen LogP contribution in [0.2, 0.25) is 0 Å². The molecule has 2 bridgehead atoms. The van der Waals surface area contributed by atoms with E-state index in [0.29, 0.717) is 23.7 Å². The summed E-state index contributed by atoms with van der Waals surface area (Å²) < 4.78 is 0. The van der Waals surface area contributed by atoms with Gasteiger partial charge in [0.25, 0.3) is 5.69 Å². The van der Waals surface area contributed by atoms with Crippen LogP contribution in [0.3, 0.4) is 0 Å². The number of amides is 1. The molecule has 0 aliphatic heterocycles. The van der Waals surface area contributed by atoms with Crippen molar-refractivity contribution in [3.05, 3.63) is 28.3 Å². The van der Waals surface area contributed by atoms with Crippen LogP contribution in [0.1, 0.15) is 19.3 Å². The summed E-state index contributed by atoms with van der Waals surface area (Å²) in [5.41, 5.74) is -0.345. The first kappa shape index (κ1) is 12.6. The van der Waals surface area contributed by atoms with Crippen molar-refractivity contribution < 1.29 is 14.8 Å². The maximum absolute atomic E-state index is 12.4. The summed E-state index contributed by atoms with van der Waals surface area (Å²) in [4.78, 5) is 22.8. The Morgan fingerprint density at radius 1 is 1.29 bits per heavy atom. The molecule has 0 radical (unpaired) electrons. The number of anilines is 1. The lowest BCUT2D eigenvalue weighted by Crippen LogP contribution is -2.19. The number of nitrogens with one attached hydrogen (secondary N) is 1. The van der Waals surface area contributed by atoms with Crippen LogP contribution in [0.25, 0.3) is 0 Å². The molecule has 6 nitrogen and oxygen atoms in total. The molecule has 3 fully saturated rings. The van der Waals surface area contributed by atoms with Crippen LogP contribution < -0.4 is 5.32 Å². The first-order chi connectivity index (χ1) is 10.1. The number of rotatable bonds is 3. The van der Waals surface area contributed by atoms with Crippen LogP contribution in [0, 0.1) is 39.7 Å². The second-order valence-corrected chi connectivity index (χ2v) is 6.43. The molecule has 1 amide bonds. The molecule has 0 heterocycles. The van der Waals surface area contributed by atoms with Crippen molar-refractivity contribution in [2.45, 2.75) is 19.3 Å². The predicted octanol–water partition coefficient (Wildman–Crippen LogP) is 2.53. The fourth-order valence-electron chi connectivity index (χ4n) is 4.69. The van der Waals surface area contributed by atoms with E-state index in [9.17, 15) is 20.0 Å². The number of nitrogens with zero attached hydrogens (tertiary/aromatic N) is 1. The smallest absolute Gasteiger partial charge is 0.296 e. The summed E-state index contributed by atoms with van der Waals surface area (Å²) in [6.07, 6.45) is 3.68. The number of aromatic hydroxyl groups is 1. The molecule has 2 N–H and O–H groups in total. The van der Waals surface area contributed by atoms with Gasteiger partial charge in [-0.25, -0.2) is 0 Å². The molecule has 3 saturated carbocycles. The number of hydrogen-bond donors (Lipinski definition) is 2. The number of phenolic OH excluding ortho intramolecular Hbond substituents is 1. The van der Waals surface area contributed by atoms with Crippen LogP contribution in [-0.4, -0.2) is 15.9 Å². The number of hydrogen-bond acceptors (Lipinski definition) is 4. The normalized spacial score (nSPS) is 35.3. The minimum Gasteiger partial charge on any atom is -0.505 e. The third kappa shape index (κ3) is 1.74. The average molecular weight is 288 g/mol. The number of carbonyl (C=O) groups is 1. The van der Waals surface area contributed by atoms with Gasteiger partial charge in [0.1, 0.15) is 5.75 Å². The zero-order valence-corrected chi connectivity index (χ0v) is 11.4. The minimum absolute atomic E-state index is 0.0181. The van der Waals surface area contributed by atoms with Gasteiger partial charge in [-0.05, 0) is 49.0 Å². The van der Waals surface area contributed by atoms with Crippen molar-refractivity contribution in [2.75, 3.05) is 5.32 Å². The lowest BCUT2D eigenvalue weighted by atomic mass is 10.0. The quantitative estimate of drug-likeness (QED) is 0.508. The first-order valence-corrected chi connectivity index (χ1v) is 7.35. The maximum Gasteiger partial charge on any atom is 0.296 e. The minimum atomic E-state index is -0.591. The van der Waals surface area contributed by atoms with Crippen LogP contribution in [0.4, 0.5) is 11.4 Å². The van der Waals surface area contributed by atoms with E-state index in [1.807, 2.05) is 0 Å². The van der Waals surface area contributed by atoms with E-state index >= 15 is 0 Å². The van der Waals surface area contributed by atoms with Crippen molar-refractivity contribution in [2.24, 2.45) is 29.6 Å². The summed E-state index contributed by atoms with van der Waals surface area (Å²) in [6, 6.07) is 4.03. The monoisotopic (exact) mass is 288 g/mol. The third-order valence-electron chi connectivity index (χ3n) is 5.50. The number of carbonyl (C=O) groups excluding carboxylic acids is 1. The maximum atomic E-state index is 12.4. The first-order valence-electron chi connectivity index (χ1n) is 7.35. The van der Waals surface area contributed by atoms with E-state index in [0.717, 1.165) is 0 Å². The summed E-state index contributed by atoms with van der Waals surface area (Å²) in [6.45, 7) is 0. The Morgan fingerprint density at radius 2 is 1.95 bits per heavy atom. The number of para-hydroxylation sites is 1. The molecule has 0 aromatic heterocycles. The number of fused-ring (bicyclic) bond motifs is 5. The number of nitro groups is 1. The van der Waals surface area contributed by atoms with E-state index in [2.05, 4.69) is 5.32 Å². The van der Waals surface area contributed by atoms with Gasteiger partial charge in [0.15, 0.2) is 5.69 Å². The second kappa shape index (κ2) is 4.19. The molecule has 4 atom stereocenters. The predicted molar refractivity (Wildman–Crippen MR) is 74.7 cm³/mol. The van der Waals surface area contributed by atoms with Crippen molar-refractivity contribution in [1.29, 1.82) is 0 Å². The SMILES string of the molecule is O=C(Nc1c(O)cccc1[N+](=O)[O-])C1C2C3CCC(C3)C12. The van der Waals surface area contributed by atoms with Gasteiger partial charge >= 0.3 is 0 Å². The largest absolute Gasteiger partial charge is 0.505 e. The van der Waals surface area contributed by atoms with Gasteiger partial charge in [-0.15, -0.1) is 0 Å². The number of benzene rings is 1. The van der Waals surface area contributed by atoms with Crippen LogP contribution in [0.15, 0.2) is 18.2 Å². The van der Waals surface area contributed by atoms with Gasteiger partial charge in [0.05, 0.1) is 4.92 Å². The number of phenols is 1. The molecule has 4 rings (SSSR count). The Bertz CT molecular complexity index is 629. The fourth-order valence-corrected chi connectivity index (χ4v) is 4.69. The highest BCUT2D eigenvalue weighted by molar-refractivity contribution is 5.98. The highest BCUT2D eigenvalue weighted by atomic mass is 16.6. The molecule has 3 aliphatic carbocycles. The summed E-state index contributed by atoms with van der Waals surface area (Å²) in [5.74, 6) is 1.81. The van der Waals surface area contributed by atoms with Crippen molar-refractivity contribution in [1.82, 2.24) is 0 Å². The molecule has 6 heteroatoms. The lowest BCUT2D eigenvalue weighted by Gasteiger charge is -2.10. The molecule has 3 aliphatic rings. The van der Waals surface area contributed by atoms with Crippen LogP contribution in [-0.2, 0) is 4.79 Å². The van der Waals surface area contributed by atoms with E-state index in [1.165, 1.54) is 37.5 Å². The van der Waals surface area contributed by atoms with E-state index in [-0.39, 0.29) is 28.9 Å². The Balaban J connectivity index is 1.55.